The van der Waals surface area contributed by atoms with Gasteiger partial charge in [-0.3, -0.25) is 0 Å². The van der Waals surface area contributed by atoms with Crippen LogP contribution in [0.1, 0.15) is 6.92 Å². The van der Waals surface area contributed by atoms with Gasteiger partial charge in [0.05, 0.1) is 24.9 Å². The lowest BCUT2D eigenvalue weighted by Crippen LogP contribution is -2.21. The van der Waals surface area contributed by atoms with E-state index < -0.39 is 22.8 Å². The molecule has 0 aliphatic heterocycles. The molecule has 0 radical (unpaired) electrons. The van der Waals surface area contributed by atoms with Crippen LogP contribution in [0.15, 0.2) is 41.6 Å². The van der Waals surface area contributed by atoms with Crippen LogP contribution in [0.4, 0.5) is 24.7 Å². The number of fused-ring (bicyclic) bond motifs is 1. The number of nitrogens with one attached hydrogen (secondary N) is 2. The fourth-order valence-corrected chi connectivity index (χ4v) is 3.79. The van der Waals surface area contributed by atoms with Gasteiger partial charge in [0.1, 0.15) is 22.8 Å². The smallest absolute Gasteiger partial charge is 0.422 e. The van der Waals surface area contributed by atoms with E-state index in [9.17, 15) is 21.6 Å². The van der Waals surface area contributed by atoms with Gasteiger partial charge in [0.15, 0.2) is 18.1 Å². The molecule has 2 aromatic carbocycles. The van der Waals surface area contributed by atoms with Crippen molar-refractivity contribution in [3.05, 3.63) is 36.7 Å². The van der Waals surface area contributed by atoms with Gasteiger partial charge in [-0.15, -0.1) is 0 Å². The topological polar surface area (TPSA) is 112 Å². The average Bonchev–Trinajstić information content (AvgIpc) is 2.77. The number of sulfonamides is 1. The summed E-state index contributed by atoms with van der Waals surface area (Å²) in [7, 11) is -1.29. The van der Waals surface area contributed by atoms with E-state index in [1.807, 2.05) is 6.92 Å². The van der Waals surface area contributed by atoms with Crippen LogP contribution >= 0.6 is 0 Å². The molecule has 9 nitrogen and oxygen atoms in total. The Morgan fingerprint density at radius 2 is 1.82 bits per heavy atom. The summed E-state index contributed by atoms with van der Waals surface area (Å²) >= 11 is 0. The normalized spacial score (nSPS) is 11.9. The Kier molecular flexibility index (Phi) is 7.12. The second-order valence-electron chi connectivity index (χ2n) is 6.57. The van der Waals surface area contributed by atoms with E-state index in [1.54, 1.807) is 12.1 Å². The molecule has 0 aliphatic carbocycles. The molecule has 0 spiro atoms. The second kappa shape index (κ2) is 9.67. The van der Waals surface area contributed by atoms with E-state index in [2.05, 4.69) is 20.0 Å². The van der Waals surface area contributed by atoms with Gasteiger partial charge in [-0.2, -0.15) is 13.2 Å². The largest absolute Gasteiger partial charge is 0.493 e. The maximum Gasteiger partial charge on any atom is 0.422 e. The van der Waals surface area contributed by atoms with Crippen molar-refractivity contribution < 1.29 is 35.8 Å². The molecule has 2 N–H and O–H groups in total. The molecule has 0 saturated heterocycles. The van der Waals surface area contributed by atoms with Crippen molar-refractivity contribution in [3.8, 4) is 17.2 Å². The fraction of sp³-hybridized carbons (Fsp3) is 0.300. The Bertz CT molecular complexity index is 1250. The number of methoxy groups -OCH3 is 1. The van der Waals surface area contributed by atoms with Crippen LogP contribution in [0.5, 0.6) is 17.2 Å². The number of hydrogen-bond donors (Lipinski definition) is 2. The van der Waals surface area contributed by atoms with Gasteiger partial charge >= 0.3 is 6.18 Å². The Balaban J connectivity index is 2.10. The standard InChI is InChI=1S/C20H21F3N4O5S/c1-4-31-17-9-14-13(8-16(17)30-3)19(26-11-25-14)27-15-7-12(32-10-20(21,22)23)5-6-18(15)33(28,29)24-2/h5-9,11,24H,4,10H2,1-3H3,(H,25,26,27). The Morgan fingerprint density at radius 3 is 2.45 bits per heavy atom. The first kappa shape index (κ1) is 24.3. The fourth-order valence-electron chi connectivity index (χ4n) is 2.93. The first-order valence-electron chi connectivity index (χ1n) is 9.57. The van der Waals surface area contributed by atoms with Crippen LogP contribution in [0.2, 0.25) is 0 Å². The molecule has 33 heavy (non-hydrogen) atoms. The molecule has 13 heteroatoms. The number of rotatable bonds is 9. The van der Waals surface area contributed by atoms with Gasteiger partial charge in [0.2, 0.25) is 10.0 Å². The maximum atomic E-state index is 12.6. The number of ether oxygens (including phenoxy) is 3. The zero-order valence-corrected chi connectivity index (χ0v) is 18.7. The zero-order valence-electron chi connectivity index (χ0n) is 17.9. The Hall–Kier alpha value is -3.32. The average molecular weight is 486 g/mol. The van der Waals surface area contributed by atoms with Crippen LogP contribution in [0, 0.1) is 0 Å². The van der Waals surface area contributed by atoms with E-state index in [4.69, 9.17) is 14.2 Å². The van der Waals surface area contributed by atoms with Gasteiger partial charge in [-0.25, -0.2) is 23.1 Å². The van der Waals surface area contributed by atoms with Crippen LogP contribution < -0.4 is 24.2 Å². The molecule has 0 bridgehead atoms. The highest BCUT2D eigenvalue weighted by atomic mass is 32.2. The quantitative estimate of drug-likeness (QED) is 0.472. The van der Waals surface area contributed by atoms with Crippen molar-refractivity contribution in [2.75, 3.05) is 32.7 Å². The first-order valence-corrected chi connectivity index (χ1v) is 11.1. The second-order valence-corrected chi connectivity index (χ2v) is 8.42. The molecule has 3 rings (SSSR count). The Morgan fingerprint density at radius 1 is 1.06 bits per heavy atom. The summed E-state index contributed by atoms with van der Waals surface area (Å²) in [5.74, 6) is 0.868. The summed E-state index contributed by atoms with van der Waals surface area (Å²) in [6.45, 7) is 0.681. The van der Waals surface area contributed by atoms with Crippen LogP contribution in [-0.2, 0) is 10.0 Å². The minimum absolute atomic E-state index is 0.0446. The van der Waals surface area contributed by atoms with E-state index in [0.717, 1.165) is 18.2 Å². The molecular formula is C20H21F3N4O5S. The third-order valence-corrected chi connectivity index (χ3v) is 5.86. The van der Waals surface area contributed by atoms with Crippen LogP contribution in [0.3, 0.4) is 0 Å². The summed E-state index contributed by atoms with van der Waals surface area (Å²) < 4.78 is 80.5. The van der Waals surface area contributed by atoms with Crippen molar-refractivity contribution in [1.29, 1.82) is 0 Å². The molecule has 0 unspecified atom stereocenters. The highest BCUT2D eigenvalue weighted by Crippen LogP contribution is 2.36. The summed E-state index contributed by atoms with van der Waals surface area (Å²) in [6.07, 6.45) is -3.30. The number of alkyl halides is 3. The van der Waals surface area contributed by atoms with Gasteiger partial charge in [-0.1, -0.05) is 0 Å². The van der Waals surface area contributed by atoms with Crippen molar-refractivity contribution >= 4 is 32.4 Å². The lowest BCUT2D eigenvalue weighted by atomic mass is 10.2. The van der Waals surface area contributed by atoms with Gasteiger partial charge in [0, 0.05) is 17.5 Å². The SMILES string of the molecule is CCOc1cc2ncnc(Nc3cc(OCC(F)(F)F)ccc3S(=O)(=O)NC)c2cc1OC. The van der Waals surface area contributed by atoms with Crippen molar-refractivity contribution in [3.63, 3.8) is 0 Å². The number of hydrogen-bond acceptors (Lipinski definition) is 8. The number of nitrogens with zero attached hydrogens (tertiary/aromatic N) is 2. The lowest BCUT2D eigenvalue weighted by molar-refractivity contribution is -0.153. The summed E-state index contributed by atoms with van der Waals surface area (Å²) in [4.78, 5) is 8.14. The molecule has 178 valence electrons. The highest BCUT2D eigenvalue weighted by molar-refractivity contribution is 7.89. The molecule has 0 aliphatic rings. The molecule has 0 amide bonds. The van der Waals surface area contributed by atoms with Gasteiger partial charge in [-0.05, 0) is 32.2 Å². The minimum Gasteiger partial charge on any atom is -0.493 e. The summed E-state index contributed by atoms with van der Waals surface area (Å²) in [6, 6.07) is 6.67. The van der Waals surface area contributed by atoms with Crippen molar-refractivity contribution in [2.24, 2.45) is 0 Å². The third-order valence-electron chi connectivity index (χ3n) is 4.39. The Labute approximate surface area is 187 Å². The van der Waals surface area contributed by atoms with E-state index in [1.165, 1.54) is 20.5 Å². The number of aromatic nitrogens is 2. The summed E-state index contributed by atoms with van der Waals surface area (Å²) in [5, 5.41) is 3.33. The maximum absolute atomic E-state index is 12.6. The molecular weight excluding hydrogens is 465 g/mol. The molecule has 1 aromatic heterocycles. The molecule has 3 aromatic rings. The number of anilines is 2. The van der Waals surface area contributed by atoms with E-state index in [0.29, 0.717) is 29.0 Å². The molecule has 1 heterocycles. The predicted octanol–water partition coefficient (Wildman–Crippen LogP) is 3.63. The predicted molar refractivity (Wildman–Crippen MR) is 115 cm³/mol. The van der Waals surface area contributed by atoms with Gasteiger partial charge < -0.3 is 19.5 Å². The monoisotopic (exact) mass is 486 g/mol. The van der Waals surface area contributed by atoms with Crippen LogP contribution in [-0.4, -0.2) is 51.9 Å². The number of halogens is 3. The highest BCUT2D eigenvalue weighted by Gasteiger charge is 2.29. The lowest BCUT2D eigenvalue weighted by Gasteiger charge is -2.16. The molecule has 0 atom stereocenters. The molecule has 0 saturated carbocycles. The minimum atomic E-state index is -4.55. The van der Waals surface area contributed by atoms with Gasteiger partial charge in [0.25, 0.3) is 0 Å². The zero-order chi connectivity index (χ0) is 24.2. The number of benzene rings is 2. The van der Waals surface area contributed by atoms with Crippen molar-refractivity contribution in [1.82, 2.24) is 14.7 Å². The van der Waals surface area contributed by atoms with E-state index >= 15 is 0 Å². The first-order chi connectivity index (χ1) is 15.6. The van der Waals surface area contributed by atoms with Crippen molar-refractivity contribution in [2.45, 2.75) is 18.0 Å². The summed E-state index contributed by atoms with van der Waals surface area (Å²) in [5.41, 5.74) is 0.427. The van der Waals surface area contributed by atoms with E-state index in [-0.39, 0.29) is 22.2 Å². The van der Waals surface area contributed by atoms with Crippen LogP contribution in [0.25, 0.3) is 10.9 Å². The molecule has 0 fully saturated rings. The third kappa shape index (κ3) is 5.73.